The van der Waals surface area contributed by atoms with Gasteiger partial charge in [-0.25, -0.2) is 8.42 Å². The van der Waals surface area contributed by atoms with Gasteiger partial charge in [-0.15, -0.1) is 0 Å². The van der Waals surface area contributed by atoms with Crippen molar-refractivity contribution in [2.75, 3.05) is 0 Å². The maximum absolute atomic E-state index is 12.7. The fraction of sp³-hybridized carbons (Fsp3) is 0.0556. The second-order valence-electron chi connectivity index (χ2n) is 5.03. The second-order valence-corrected chi connectivity index (χ2v) is 6.75. The maximum Gasteiger partial charge on any atom is 0.241 e. The highest BCUT2D eigenvalue weighted by Gasteiger charge is 2.23. The molecule has 0 amide bonds. The van der Waals surface area contributed by atoms with E-state index in [1.807, 2.05) is 42.5 Å². The van der Waals surface area contributed by atoms with Crippen LogP contribution in [-0.4, -0.2) is 13.4 Å². The first-order valence-corrected chi connectivity index (χ1v) is 8.68. The highest BCUT2D eigenvalue weighted by Crippen LogP contribution is 2.22. The molecule has 2 aromatic carbocycles. The standard InChI is InChI=1S/C18H16N2O2S/c21-23(22,16-11-5-2-6-12-16)20-18(15-9-3-1-4-10-15)17-13-7-8-14-19-17/h1-14,18,20H/t18-/m0/s1. The topological polar surface area (TPSA) is 59.1 Å². The molecule has 3 rings (SSSR count). The molecular formula is C18H16N2O2S. The van der Waals surface area contributed by atoms with Crippen molar-refractivity contribution in [3.63, 3.8) is 0 Å². The Hall–Kier alpha value is -2.50. The van der Waals surface area contributed by atoms with Crippen LogP contribution in [0.1, 0.15) is 17.3 Å². The highest BCUT2D eigenvalue weighted by molar-refractivity contribution is 7.89. The SMILES string of the molecule is O=S(=O)(N[C@@H](c1ccccc1)c1ccccn1)c1ccccc1. The predicted molar refractivity (Wildman–Crippen MR) is 89.3 cm³/mol. The van der Waals surface area contributed by atoms with Crippen LogP contribution in [0.5, 0.6) is 0 Å². The van der Waals surface area contributed by atoms with Gasteiger partial charge < -0.3 is 0 Å². The first-order valence-electron chi connectivity index (χ1n) is 7.20. The third-order valence-corrected chi connectivity index (χ3v) is 4.88. The van der Waals surface area contributed by atoms with Crippen LogP contribution >= 0.6 is 0 Å². The zero-order chi connectivity index (χ0) is 16.1. The zero-order valence-electron chi connectivity index (χ0n) is 12.3. The number of hydrogen-bond donors (Lipinski definition) is 1. The van der Waals surface area contributed by atoms with Crippen LogP contribution in [0.15, 0.2) is 90.0 Å². The summed E-state index contributed by atoms with van der Waals surface area (Å²) in [6, 6.07) is 22.7. The molecule has 1 heterocycles. The molecule has 5 heteroatoms. The van der Waals surface area contributed by atoms with Gasteiger partial charge in [-0.05, 0) is 29.8 Å². The van der Waals surface area contributed by atoms with Crippen LogP contribution in [0, 0.1) is 0 Å². The van der Waals surface area contributed by atoms with Crippen molar-refractivity contribution >= 4 is 10.0 Å². The molecule has 23 heavy (non-hydrogen) atoms. The smallest absolute Gasteiger partial charge is 0.241 e. The van der Waals surface area contributed by atoms with E-state index in [0.717, 1.165) is 5.56 Å². The van der Waals surface area contributed by atoms with E-state index < -0.39 is 16.1 Å². The third-order valence-electron chi connectivity index (χ3n) is 3.44. The summed E-state index contributed by atoms with van der Waals surface area (Å²) < 4.78 is 28.1. The lowest BCUT2D eigenvalue weighted by molar-refractivity contribution is 0.570. The van der Waals surface area contributed by atoms with E-state index in [4.69, 9.17) is 0 Å². The normalized spacial score (nSPS) is 12.7. The van der Waals surface area contributed by atoms with Crippen molar-refractivity contribution in [3.8, 4) is 0 Å². The molecule has 0 aliphatic carbocycles. The van der Waals surface area contributed by atoms with Gasteiger partial charge in [-0.2, -0.15) is 4.72 Å². The Morgan fingerprint density at radius 3 is 2.00 bits per heavy atom. The van der Waals surface area contributed by atoms with Crippen molar-refractivity contribution in [1.82, 2.24) is 9.71 Å². The lowest BCUT2D eigenvalue weighted by atomic mass is 10.0. The van der Waals surface area contributed by atoms with E-state index >= 15 is 0 Å². The molecule has 0 fully saturated rings. The second kappa shape index (κ2) is 6.73. The Bertz CT molecular complexity index is 812. The molecule has 116 valence electrons. The molecule has 1 atom stereocenters. The first kappa shape index (κ1) is 15.4. The van der Waals surface area contributed by atoms with Crippen LogP contribution in [0.25, 0.3) is 0 Å². The molecule has 0 spiro atoms. The largest absolute Gasteiger partial charge is 0.259 e. The molecule has 0 aliphatic heterocycles. The van der Waals surface area contributed by atoms with Gasteiger partial charge in [0, 0.05) is 6.20 Å². The van der Waals surface area contributed by atoms with Crippen LogP contribution in [0.4, 0.5) is 0 Å². The van der Waals surface area contributed by atoms with Crippen molar-refractivity contribution in [1.29, 1.82) is 0 Å². The number of rotatable bonds is 5. The van der Waals surface area contributed by atoms with Crippen LogP contribution in [-0.2, 0) is 10.0 Å². The van der Waals surface area contributed by atoms with Gasteiger partial charge >= 0.3 is 0 Å². The van der Waals surface area contributed by atoms with Gasteiger partial charge in [0.25, 0.3) is 0 Å². The minimum atomic E-state index is -3.65. The Morgan fingerprint density at radius 1 is 0.783 bits per heavy atom. The molecule has 0 saturated carbocycles. The molecule has 0 saturated heterocycles. The summed E-state index contributed by atoms with van der Waals surface area (Å²) in [5.74, 6) is 0. The van der Waals surface area contributed by atoms with Crippen molar-refractivity contribution in [2.24, 2.45) is 0 Å². The molecule has 0 unspecified atom stereocenters. The molecule has 4 nitrogen and oxygen atoms in total. The van der Waals surface area contributed by atoms with Crippen LogP contribution in [0.3, 0.4) is 0 Å². The summed E-state index contributed by atoms with van der Waals surface area (Å²) in [6.07, 6.45) is 1.65. The lowest BCUT2D eigenvalue weighted by Gasteiger charge is -2.19. The number of pyridine rings is 1. The molecule has 1 N–H and O–H groups in total. The fourth-order valence-corrected chi connectivity index (χ4v) is 3.53. The summed E-state index contributed by atoms with van der Waals surface area (Å²) in [5, 5.41) is 0. The Balaban J connectivity index is 2.00. The Morgan fingerprint density at radius 2 is 1.39 bits per heavy atom. The number of hydrogen-bond acceptors (Lipinski definition) is 3. The summed E-state index contributed by atoms with van der Waals surface area (Å²) in [6.45, 7) is 0. The van der Waals surface area contributed by atoms with E-state index in [0.29, 0.717) is 5.69 Å². The molecule has 0 radical (unpaired) electrons. The van der Waals surface area contributed by atoms with E-state index in [9.17, 15) is 8.42 Å². The quantitative estimate of drug-likeness (QED) is 0.784. The number of benzene rings is 2. The molecule has 3 aromatic rings. The molecule has 0 bridgehead atoms. The van der Waals surface area contributed by atoms with Crippen molar-refractivity contribution in [3.05, 3.63) is 96.3 Å². The summed E-state index contributed by atoms with van der Waals surface area (Å²) in [4.78, 5) is 4.54. The Kier molecular flexibility index (Phi) is 4.50. The van der Waals surface area contributed by atoms with Crippen molar-refractivity contribution in [2.45, 2.75) is 10.9 Å². The number of aromatic nitrogens is 1. The van der Waals surface area contributed by atoms with Gasteiger partial charge in [-0.1, -0.05) is 54.6 Å². The average Bonchev–Trinajstić information content (AvgIpc) is 2.62. The van der Waals surface area contributed by atoms with Gasteiger partial charge in [0.2, 0.25) is 10.0 Å². The van der Waals surface area contributed by atoms with Gasteiger partial charge in [-0.3, -0.25) is 4.98 Å². The zero-order valence-corrected chi connectivity index (χ0v) is 13.1. The van der Waals surface area contributed by atoms with E-state index in [2.05, 4.69) is 9.71 Å². The summed E-state index contributed by atoms with van der Waals surface area (Å²) in [5.41, 5.74) is 1.49. The van der Waals surface area contributed by atoms with Gasteiger partial charge in [0.1, 0.15) is 0 Å². The number of nitrogens with zero attached hydrogens (tertiary/aromatic N) is 1. The average molecular weight is 324 g/mol. The molecule has 1 aromatic heterocycles. The van der Waals surface area contributed by atoms with Gasteiger partial charge in [0.15, 0.2) is 0 Å². The van der Waals surface area contributed by atoms with Crippen LogP contribution < -0.4 is 4.72 Å². The number of nitrogens with one attached hydrogen (secondary N) is 1. The minimum absolute atomic E-state index is 0.233. The van der Waals surface area contributed by atoms with E-state index in [1.54, 1.807) is 42.6 Å². The highest BCUT2D eigenvalue weighted by atomic mass is 32.2. The minimum Gasteiger partial charge on any atom is -0.259 e. The summed E-state index contributed by atoms with van der Waals surface area (Å²) in [7, 11) is -3.65. The monoisotopic (exact) mass is 324 g/mol. The lowest BCUT2D eigenvalue weighted by Crippen LogP contribution is -2.30. The van der Waals surface area contributed by atoms with Crippen molar-refractivity contribution < 1.29 is 8.42 Å². The Labute approximate surface area is 135 Å². The third kappa shape index (κ3) is 3.64. The van der Waals surface area contributed by atoms with E-state index in [-0.39, 0.29) is 4.90 Å². The first-order chi connectivity index (χ1) is 11.2. The van der Waals surface area contributed by atoms with E-state index in [1.165, 1.54) is 0 Å². The molecular weight excluding hydrogens is 308 g/mol. The summed E-state index contributed by atoms with van der Waals surface area (Å²) >= 11 is 0. The predicted octanol–water partition coefficient (Wildman–Crippen LogP) is 3.15. The van der Waals surface area contributed by atoms with Gasteiger partial charge in [0.05, 0.1) is 16.6 Å². The van der Waals surface area contributed by atoms with Crippen LogP contribution in [0.2, 0.25) is 0 Å². The fourth-order valence-electron chi connectivity index (χ4n) is 2.31. The molecule has 0 aliphatic rings. The maximum atomic E-state index is 12.7. The number of sulfonamides is 1.